The van der Waals surface area contributed by atoms with Gasteiger partial charge in [-0.2, -0.15) is 16.8 Å². The SMILES string of the molecule is O=S(=O)(O)c1ccc(OS(=O)(=O)c2c(C3CC4CCC3C4)cc3ccccc3c2C2CC3CCC2C3)c2ccccc12. The van der Waals surface area contributed by atoms with Crippen LogP contribution in [0.15, 0.2) is 76.5 Å². The minimum absolute atomic E-state index is 0.0592. The number of hydrogen-bond donors (Lipinski definition) is 1. The zero-order valence-corrected chi connectivity index (χ0v) is 24.9. The van der Waals surface area contributed by atoms with Gasteiger partial charge in [-0.1, -0.05) is 61.4 Å². The van der Waals surface area contributed by atoms with E-state index < -0.39 is 20.2 Å². The van der Waals surface area contributed by atoms with Gasteiger partial charge < -0.3 is 4.18 Å². The fourth-order valence-corrected chi connectivity index (χ4v) is 11.4. The summed E-state index contributed by atoms with van der Waals surface area (Å²) in [5.41, 5.74) is 1.83. The van der Waals surface area contributed by atoms with Crippen LogP contribution in [0, 0.1) is 23.7 Å². The maximum atomic E-state index is 14.7. The molecule has 0 saturated heterocycles. The molecule has 4 saturated carbocycles. The zero-order chi connectivity index (χ0) is 28.8. The van der Waals surface area contributed by atoms with Gasteiger partial charge in [0, 0.05) is 10.8 Å². The molecule has 8 heteroatoms. The van der Waals surface area contributed by atoms with E-state index in [2.05, 4.69) is 18.2 Å². The van der Waals surface area contributed by atoms with Gasteiger partial charge in [-0.15, -0.1) is 0 Å². The van der Waals surface area contributed by atoms with Crippen LogP contribution in [0.5, 0.6) is 5.75 Å². The Labute approximate surface area is 247 Å². The summed E-state index contributed by atoms with van der Waals surface area (Å²) < 4.78 is 69.6. The summed E-state index contributed by atoms with van der Waals surface area (Å²) in [7, 11) is -8.84. The molecule has 6 atom stereocenters. The molecule has 218 valence electrons. The van der Waals surface area contributed by atoms with Crippen molar-refractivity contribution in [1.29, 1.82) is 0 Å². The molecule has 0 heterocycles. The summed E-state index contributed by atoms with van der Waals surface area (Å²) in [6, 6.07) is 19.4. The van der Waals surface area contributed by atoms with E-state index in [1.54, 1.807) is 24.3 Å². The highest BCUT2D eigenvalue weighted by atomic mass is 32.2. The largest absolute Gasteiger partial charge is 0.378 e. The van der Waals surface area contributed by atoms with Crippen LogP contribution in [-0.4, -0.2) is 21.4 Å². The Kier molecular flexibility index (Phi) is 6.05. The summed E-state index contributed by atoms with van der Waals surface area (Å²) in [4.78, 5) is 0.0677. The first-order valence-corrected chi connectivity index (χ1v) is 18.0. The molecule has 0 radical (unpaired) electrons. The first-order valence-electron chi connectivity index (χ1n) is 15.2. The van der Waals surface area contributed by atoms with E-state index in [4.69, 9.17) is 4.18 Å². The molecule has 4 fully saturated rings. The van der Waals surface area contributed by atoms with Crippen LogP contribution in [0.2, 0.25) is 0 Å². The molecule has 4 bridgehead atoms. The minimum atomic E-state index is -4.52. The first-order chi connectivity index (χ1) is 20.2. The summed E-state index contributed by atoms with van der Waals surface area (Å²) >= 11 is 0. The molecule has 42 heavy (non-hydrogen) atoms. The van der Waals surface area contributed by atoms with E-state index >= 15 is 0 Å². The summed E-state index contributed by atoms with van der Waals surface area (Å²) in [6.07, 6.45) is 9.02. The quantitative estimate of drug-likeness (QED) is 0.179. The molecule has 0 aromatic heterocycles. The Morgan fingerprint density at radius 3 is 1.90 bits per heavy atom. The van der Waals surface area contributed by atoms with Crippen molar-refractivity contribution in [3.8, 4) is 5.75 Å². The normalized spacial score (nSPS) is 28.7. The third kappa shape index (κ3) is 4.20. The minimum Gasteiger partial charge on any atom is -0.378 e. The standard InChI is InChI=1S/C34H34O6S2/c35-41(36,37)32-14-13-31(26-7-3-4-8-27(26)32)40-42(38,39)34-30(28-17-20-9-11-23(28)15-20)19-22-5-1-2-6-25(22)33(34)29-18-21-10-12-24(29)16-21/h1-8,13-14,19-21,23-24,28-29H,9-12,15-18H2,(H,35,36,37). The highest BCUT2D eigenvalue weighted by Gasteiger charge is 2.47. The highest BCUT2D eigenvalue weighted by molar-refractivity contribution is 7.87. The van der Waals surface area contributed by atoms with Gasteiger partial charge in [0.1, 0.15) is 9.79 Å². The summed E-state index contributed by atoms with van der Waals surface area (Å²) in [5, 5.41) is 2.62. The van der Waals surface area contributed by atoms with E-state index in [-0.39, 0.29) is 27.9 Å². The van der Waals surface area contributed by atoms with Gasteiger partial charge >= 0.3 is 10.1 Å². The average molecular weight is 603 g/mol. The van der Waals surface area contributed by atoms with Crippen LogP contribution in [0.25, 0.3) is 21.5 Å². The van der Waals surface area contributed by atoms with E-state index in [0.29, 0.717) is 34.0 Å². The topological polar surface area (TPSA) is 97.7 Å². The van der Waals surface area contributed by atoms with Crippen molar-refractivity contribution in [3.05, 3.63) is 77.9 Å². The lowest BCUT2D eigenvalue weighted by Gasteiger charge is -2.31. The average Bonchev–Trinajstić information content (AvgIpc) is 3.78. The lowest BCUT2D eigenvalue weighted by molar-refractivity contribution is 0.400. The molecule has 4 aromatic rings. The molecule has 0 aliphatic heterocycles. The molecular formula is C34H34O6S2. The van der Waals surface area contributed by atoms with Crippen LogP contribution < -0.4 is 4.18 Å². The first kappa shape index (κ1) is 26.7. The molecule has 4 aromatic carbocycles. The molecule has 0 spiro atoms. The second kappa shape index (κ2) is 9.53. The van der Waals surface area contributed by atoms with E-state index in [1.165, 1.54) is 25.0 Å². The molecule has 4 aliphatic carbocycles. The number of fused-ring (bicyclic) bond motifs is 6. The third-order valence-electron chi connectivity index (χ3n) is 10.9. The Morgan fingerprint density at radius 1 is 0.667 bits per heavy atom. The monoisotopic (exact) mass is 602 g/mol. The van der Waals surface area contributed by atoms with Crippen LogP contribution >= 0.6 is 0 Å². The predicted molar refractivity (Wildman–Crippen MR) is 162 cm³/mol. The van der Waals surface area contributed by atoms with Crippen molar-refractivity contribution in [3.63, 3.8) is 0 Å². The number of rotatable bonds is 6. The zero-order valence-electron chi connectivity index (χ0n) is 23.3. The smallest absolute Gasteiger partial charge is 0.339 e. The molecule has 6 unspecified atom stereocenters. The summed E-state index contributed by atoms with van der Waals surface area (Å²) in [5.74, 6) is 2.63. The van der Waals surface area contributed by atoms with Gasteiger partial charge in [-0.05, 0) is 114 Å². The van der Waals surface area contributed by atoms with Gasteiger partial charge in [0.05, 0.1) is 0 Å². The Bertz CT molecular complexity index is 1970. The van der Waals surface area contributed by atoms with Gasteiger partial charge in [0.2, 0.25) is 0 Å². The lowest BCUT2D eigenvalue weighted by Crippen LogP contribution is -2.22. The second-order valence-corrected chi connectivity index (χ2v) is 16.0. The Morgan fingerprint density at radius 2 is 1.29 bits per heavy atom. The van der Waals surface area contributed by atoms with Crippen molar-refractivity contribution in [1.82, 2.24) is 0 Å². The predicted octanol–water partition coefficient (Wildman–Crippen LogP) is 7.81. The van der Waals surface area contributed by atoms with Crippen molar-refractivity contribution in [2.75, 3.05) is 0 Å². The molecule has 4 aliphatic rings. The maximum absolute atomic E-state index is 14.7. The highest BCUT2D eigenvalue weighted by Crippen LogP contribution is 2.59. The molecule has 8 rings (SSSR count). The maximum Gasteiger partial charge on any atom is 0.339 e. The van der Waals surface area contributed by atoms with Crippen LogP contribution in [-0.2, 0) is 20.2 Å². The van der Waals surface area contributed by atoms with Crippen molar-refractivity contribution in [2.24, 2.45) is 23.7 Å². The summed E-state index contributed by atoms with van der Waals surface area (Å²) in [6.45, 7) is 0. The third-order valence-corrected chi connectivity index (χ3v) is 13.2. The van der Waals surface area contributed by atoms with Crippen LogP contribution in [0.3, 0.4) is 0 Å². The number of benzene rings is 4. The number of hydrogen-bond acceptors (Lipinski definition) is 5. The van der Waals surface area contributed by atoms with Crippen molar-refractivity contribution < 1.29 is 25.6 Å². The van der Waals surface area contributed by atoms with Crippen LogP contribution in [0.1, 0.15) is 74.3 Å². The lowest BCUT2D eigenvalue weighted by atomic mass is 9.77. The molecular weight excluding hydrogens is 569 g/mol. The van der Waals surface area contributed by atoms with Crippen LogP contribution in [0.4, 0.5) is 0 Å². The Hall–Kier alpha value is -2.94. The van der Waals surface area contributed by atoms with Gasteiger partial charge in [-0.25, -0.2) is 0 Å². The Balaban J connectivity index is 1.35. The van der Waals surface area contributed by atoms with Crippen molar-refractivity contribution >= 4 is 41.8 Å². The van der Waals surface area contributed by atoms with E-state index in [0.717, 1.165) is 60.4 Å². The molecule has 0 amide bonds. The molecule has 6 nitrogen and oxygen atoms in total. The van der Waals surface area contributed by atoms with Gasteiger partial charge in [-0.3, -0.25) is 4.55 Å². The van der Waals surface area contributed by atoms with Crippen molar-refractivity contribution in [2.45, 2.75) is 73.0 Å². The van der Waals surface area contributed by atoms with Gasteiger partial charge in [0.15, 0.2) is 5.75 Å². The fraction of sp³-hybridized carbons (Fsp3) is 0.412. The fourth-order valence-electron chi connectivity index (χ4n) is 9.23. The van der Waals surface area contributed by atoms with Gasteiger partial charge in [0.25, 0.3) is 10.1 Å². The molecule has 1 N–H and O–H groups in total. The van der Waals surface area contributed by atoms with E-state index in [9.17, 15) is 21.4 Å². The van der Waals surface area contributed by atoms with E-state index in [1.807, 2.05) is 12.1 Å². The second-order valence-electron chi connectivity index (χ2n) is 13.1.